The molecule has 0 unspecified atom stereocenters. The second-order valence-electron chi connectivity index (χ2n) is 3.45. The Hall–Kier alpha value is -1.07. The summed E-state index contributed by atoms with van der Waals surface area (Å²) in [5.74, 6) is -0.0448. The Balaban J connectivity index is 2.61. The molecule has 0 radical (unpaired) electrons. The Morgan fingerprint density at radius 2 is 2.12 bits per heavy atom. The molecule has 1 aromatic rings. The van der Waals surface area contributed by atoms with Crippen molar-refractivity contribution >= 4 is 34.3 Å². The normalized spacial score (nSPS) is 11.8. The number of thiocarbonyl (C=S) groups is 1. The number of benzene rings is 1. The molecule has 0 saturated heterocycles. The molecule has 0 fully saturated rings. The predicted octanol–water partition coefficient (Wildman–Crippen LogP) is 2.31. The maximum atomic E-state index is 11.1. The number of hydrogen-bond donors (Lipinski definition) is 2. The molecule has 92 valence electrons. The van der Waals surface area contributed by atoms with Crippen LogP contribution < -0.4 is 5.32 Å². The Bertz CT molecular complexity index is 381. The fourth-order valence-electron chi connectivity index (χ4n) is 1.36. The van der Waals surface area contributed by atoms with Gasteiger partial charge in [0.2, 0.25) is 0 Å². The van der Waals surface area contributed by atoms with Crippen molar-refractivity contribution in [3.05, 3.63) is 35.9 Å². The minimum absolute atomic E-state index is 0.431. The third kappa shape index (κ3) is 5.19. The third-order valence-corrected chi connectivity index (χ3v) is 3.29. The average Bonchev–Trinajstić information content (AvgIpc) is 2.29. The first-order valence-corrected chi connectivity index (χ1v) is 6.73. The van der Waals surface area contributed by atoms with Crippen molar-refractivity contribution in [1.82, 2.24) is 5.32 Å². The highest BCUT2D eigenvalue weighted by Crippen LogP contribution is 2.07. The SMILES string of the molecule is CCSC(=S)N[C@@H](Cc1ccccc1)C(=O)O. The highest BCUT2D eigenvalue weighted by Gasteiger charge is 2.18. The Labute approximate surface area is 111 Å². The number of hydrogen-bond acceptors (Lipinski definition) is 3. The minimum atomic E-state index is -0.882. The van der Waals surface area contributed by atoms with Gasteiger partial charge < -0.3 is 10.4 Å². The number of rotatable bonds is 5. The van der Waals surface area contributed by atoms with Crippen LogP contribution in [0.3, 0.4) is 0 Å². The van der Waals surface area contributed by atoms with Gasteiger partial charge in [-0.1, -0.05) is 61.2 Å². The summed E-state index contributed by atoms with van der Waals surface area (Å²) in [5.41, 5.74) is 0.983. The molecular formula is C12H15NO2S2. The van der Waals surface area contributed by atoms with Crippen molar-refractivity contribution in [3.63, 3.8) is 0 Å². The summed E-state index contributed by atoms with van der Waals surface area (Å²) in [6.45, 7) is 1.98. The number of carboxylic acid groups (broad SMARTS) is 1. The van der Waals surface area contributed by atoms with Crippen LogP contribution in [-0.4, -0.2) is 27.2 Å². The van der Waals surface area contributed by atoms with Gasteiger partial charge in [0.25, 0.3) is 0 Å². The van der Waals surface area contributed by atoms with Gasteiger partial charge in [0.1, 0.15) is 10.4 Å². The standard InChI is InChI=1S/C12H15NO2S2/c1-2-17-12(16)13-10(11(14)15)8-9-6-4-3-5-7-9/h3-7,10H,2,8H2,1H3,(H,13,16)(H,14,15)/t10-/m0/s1. The van der Waals surface area contributed by atoms with E-state index in [9.17, 15) is 4.79 Å². The van der Waals surface area contributed by atoms with Gasteiger partial charge in [-0.15, -0.1) is 0 Å². The van der Waals surface area contributed by atoms with Crippen LogP contribution in [0.25, 0.3) is 0 Å². The maximum absolute atomic E-state index is 11.1. The van der Waals surface area contributed by atoms with E-state index in [-0.39, 0.29) is 0 Å². The van der Waals surface area contributed by atoms with Gasteiger partial charge in [0, 0.05) is 6.42 Å². The molecule has 5 heteroatoms. The lowest BCUT2D eigenvalue weighted by atomic mass is 10.1. The van der Waals surface area contributed by atoms with Gasteiger partial charge in [0.05, 0.1) is 0 Å². The van der Waals surface area contributed by atoms with E-state index in [1.165, 1.54) is 11.8 Å². The minimum Gasteiger partial charge on any atom is -0.480 e. The fraction of sp³-hybridized carbons (Fsp3) is 0.333. The molecule has 0 aliphatic heterocycles. The molecule has 0 saturated carbocycles. The zero-order valence-electron chi connectivity index (χ0n) is 9.55. The lowest BCUT2D eigenvalue weighted by Crippen LogP contribution is -2.40. The van der Waals surface area contributed by atoms with E-state index in [1.807, 2.05) is 37.3 Å². The van der Waals surface area contributed by atoms with E-state index >= 15 is 0 Å². The molecule has 1 atom stereocenters. The van der Waals surface area contributed by atoms with Crippen LogP contribution >= 0.6 is 24.0 Å². The van der Waals surface area contributed by atoms with E-state index in [2.05, 4.69) is 5.32 Å². The van der Waals surface area contributed by atoms with Gasteiger partial charge in [0.15, 0.2) is 0 Å². The summed E-state index contributed by atoms with van der Waals surface area (Å²) in [4.78, 5) is 11.1. The van der Waals surface area contributed by atoms with Crippen LogP contribution in [0.5, 0.6) is 0 Å². The fourth-order valence-corrected chi connectivity index (χ4v) is 2.35. The zero-order valence-corrected chi connectivity index (χ0v) is 11.2. The first-order valence-electron chi connectivity index (χ1n) is 5.33. The van der Waals surface area contributed by atoms with E-state index in [1.54, 1.807) is 0 Å². The molecule has 3 nitrogen and oxygen atoms in total. The van der Waals surface area contributed by atoms with E-state index in [0.717, 1.165) is 11.3 Å². The van der Waals surface area contributed by atoms with E-state index in [0.29, 0.717) is 10.7 Å². The summed E-state index contributed by atoms with van der Waals surface area (Å²) in [6.07, 6.45) is 0.431. The smallest absolute Gasteiger partial charge is 0.326 e. The molecule has 0 heterocycles. The molecule has 0 spiro atoms. The van der Waals surface area contributed by atoms with Crippen molar-refractivity contribution < 1.29 is 9.90 Å². The van der Waals surface area contributed by atoms with Gasteiger partial charge in [-0.2, -0.15) is 0 Å². The van der Waals surface area contributed by atoms with Gasteiger partial charge in [-0.05, 0) is 11.3 Å². The van der Waals surface area contributed by atoms with Crippen molar-refractivity contribution in [2.24, 2.45) is 0 Å². The third-order valence-electron chi connectivity index (χ3n) is 2.15. The van der Waals surface area contributed by atoms with Gasteiger partial charge in [-0.25, -0.2) is 4.79 Å². The van der Waals surface area contributed by atoms with Crippen molar-refractivity contribution in [2.45, 2.75) is 19.4 Å². The number of aliphatic carboxylic acids is 1. The monoisotopic (exact) mass is 269 g/mol. The topological polar surface area (TPSA) is 49.3 Å². The second-order valence-corrected chi connectivity index (χ2v) is 5.39. The summed E-state index contributed by atoms with van der Waals surface area (Å²) in [5, 5.41) is 12.0. The molecule has 0 aliphatic rings. The Morgan fingerprint density at radius 3 is 2.65 bits per heavy atom. The number of nitrogens with one attached hydrogen (secondary N) is 1. The molecule has 0 amide bonds. The molecule has 1 aromatic carbocycles. The molecule has 2 N–H and O–H groups in total. The van der Waals surface area contributed by atoms with Gasteiger partial charge >= 0.3 is 5.97 Å². The first kappa shape index (κ1) is 14.0. The number of carboxylic acids is 1. The van der Waals surface area contributed by atoms with Crippen molar-refractivity contribution in [2.75, 3.05) is 5.75 Å². The van der Waals surface area contributed by atoms with Crippen molar-refractivity contribution in [1.29, 1.82) is 0 Å². The van der Waals surface area contributed by atoms with E-state index in [4.69, 9.17) is 17.3 Å². The quantitative estimate of drug-likeness (QED) is 0.803. The molecular weight excluding hydrogens is 254 g/mol. The maximum Gasteiger partial charge on any atom is 0.326 e. The number of thioether (sulfide) groups is 1. The Morgan fingerprint density at radius 1 is 1.47 bits per heavy atom. The van der Waals surface area contributed by atoms with Gasteiger partial charge in [-0.3, -0.25) is 0 Å². The van der Waals surface area contributed by atoms with Crippen LogP contribution in [0.4, 0.5) is 0 Å². The predicted molar refractivity (Wildman–Crippen MR) is 75.4 cm³/mol. The van der Waals surface area contributed by atoms with Crippen LogP contribution in [-0.2, 0) is 11.2 Å². The lowest BCUT2D eigenvalue weighted by molar-refractivity contribution is -0.138. The molecule has 0 bridgehead atoms. The summed E-state index contributed by atoms with van der Waals surface area (Å²) in [6, 6.07) is 8.86. The summed E-state index contributed by atoms with van der Waals surface area (Å²) < 4.78 is 0.538. The highest BCUT2D eigenvalue weighted by molar-refractivity contribution is 8.22. The molecule has 1 rings (SSSR count). The van der Waals surface area contributed by atoms with Crippen LogP contribution in [0, 0.1) is 0 Å². The first-order chi connectivity index (χ1) is 8.13. The molecule has 17 heavy (non-hydrogen) atoms. The molecule has 0 aromatic heterocycles. The summed E-state index contributed by atoms with van der Waals surface area (Å²) in [7, 11) is 0. The highest BCUT2D eigenvalue weighted by atomic mass is 32.2. The van der Waals surface area contributed by atoms with Crippen LogP contribution in [0.15, 0.2) is 30.3 Å². The second kappa shape index (κ2) is 7.29. The summed E-state index contributed by atoms with van der Waals surface area (Å²) >= 11 is 6.50. The number of carbonyl (C=O) groups is 1. The average molecular weight is 269 g/mol. The van der Waals surface area contributed by atoms with Crippen LogP contribution in [0.2, 0.25) is 0 Å². The van der Waals surface area contributed by atoms with Crippen LogP contribution in [0.1, 0.15) is 12.5 Å². The van der Waals surface area contributed by atoms with E-state index < -0.39 is 12.0 Å². The lowest BCUT2D eigenvalue weighted by Gasteiger charge is -2.15. The largest absolute Gasteiger partial charge is 0.480 e. The van der Waals surface area contributed by atoms with Crippen molar-refractivity contribution in [3.8, 4) is 0 Å². The molecule has 0 aliphatic carbocycles. The Kier molecular flexibility index (Phi) is 6.00. The zero-order chi connectivity index (χ0) is 12.7.